The standard InChI is InChI=1S/C28H39N3O4/c1-34-18-19-35-25-12-6-5-11-24(25)26(28(32)33)31-17-15-21(20-31)8-3-2-4-10-23-14-13-22-9-7-16-29-27(22)30-23/h5-6,11-14,21,26H,2-4,7-10,15-20H2,1H3,(H,29,30)(H,32,33)/t21-,26+/m1/s1. The number of nitrogens with one attached hydrogen (secondary N) is 1. The Kier molecular flexibility index (Phi) is 9.37. The van der Waals surface area contributed by atoms with Crippen LogP contribution in [-0.4, -0.2) is 60.9 Å². The van der Waals surface area contributed by atoms with Crippen LogP contribution in [0.5, 0.6) is 5.75 Å². The molecule has 1 fully saturated rings. The van der Waals surface area contributed by atoms with Crippen molar-refractivity contribution in [2.24, 2.45) is 5.92 Å². The smallest absolute Gasteiger partial charge is 0.325 e. The lowest BCUT2D eigenvalue weighted by Crippen LogP contribution is -2.33. The van der Waals surface area contributed by atoms with E-state index in [1.807, 2.05) is 24.3 Å². The molecular weight excluding hydrogens is 442 g/mol. The van der Waals surface area contributed by atoms with Crippen LogP contribution in [0.4, 0.5) is 5.82 Å². The minimum Gasteiger partial charge on any atom is -0.491 e. The summed E-state index contributed by atoms with van der Waals surface area (Å²) in [5.74, 6) is 1.44. The Morgan fingerprint density at radius 2 is 2.09 bits per heavy atom. The Balaban J connectivity index is 1.23. The summed E-state index contributed by atoms with van der Waals surface area (Å²) in [6.45, 7) is 3.52. The molecular formula is C28H39N3O4. The van der Waals surface area contributed by atoms with Crippen molar-refractivity contribution in [3.63, 3.8) is 0 Å². The zero-order valence-electron chi connectivity index (χ0n) is 20.9. The summed E-state index contributed by atoms with van der Waals surface area (Å²) in [4.78, 5) is 19.2. The summed E-state index contributed by atoms with van der Waals surface area (Å²) in [5.41, 5.74) is 3.25. The van der Waals surface area contributed by atoms with E-state index in [1.165, 1.54) is 30.5 Å². The lowest BCUT2D eigenvalue weighted by molar-refractivity contribution is -0.143. The van der Waals surface area contributed by atoms with E-state index in [1.54, 1.807) is 7.11 Å². The number of pyridine rings is 1. The minimum absolute atomic E-state index is 0.403. The third-order valence-corrected chi connectivity index (χ3v) is 7.17. The Morgan fingerprint density at radius 1 is 1.20 bits per heavy atom. The second-order valence-electron chi connectivity index (χ2n) is 9.71. The van der Waals surface area contributed by atoms with Gasteiger partial charge in [-0.1, -0.05) is 37.1 Å². The predicted molar refractivity (Wildman–Crippen MR) is 137 cm³/mol. The van der Waals surface area contributed by atoms with Gasteiger partial charge in [-0.25, -0.2) is 4.98 Å². The number of likely N-dealkylation sites (tertiary alicyclic amines) is 1. The maximum atomic E-state index is 12.3. The molecule has 1 aromatic carbocycles. The van der Waals surface area contributed by atoms with Gasteiger partial charge in [-0.3, -0.25) is 9.69 Å². The average Bonchev–Trinajstić information content (AvgIpc) is 3.33. The molecule has 1 aromatic heterocycles. The first kappa shape index (κ1) is 25.5. The van der Waals surface area contributed by atoms with Crippen molar-refractivity contribution < 1.29 is 19.4 Å². The molecule has 0 bridgehead atoms. The van der Waals surface area contributed by atoms with E-state index < -0.39 is 12.0 Å². The number of para-hydroxylation sites is 1. The number of anilines is 1. The van der Waals surface area contributed by atoms with Crippen LogP contribution in [0.15, 0.2) is 36.4 Å². The Labute approximate surface area is 208 Å². The first-order chi connectivity index (χ1) is 17.2. The zero-order valence-corrected chi connectivity index (χ0v) is 20.9. The van der Waals surface area contributed by atoms with Gasteiger partial charge in [0.05, 0.1) is 6.61 Å². The fourth-order valence-corrected chi connectivity index (χ4v) is 5.32. The van der Waals surface area contributed by atoms with E-state index in [0.29, 0.717) is 24.9 Å². The third-order valence-electron chi connectivity index (χ3n) is 7.17. The van der Waals surface area contributed by atoms with Gasteiger partial charge in [0.2, 0.25) is 0 Å². The Morgan fingerprint density at radius 3 is 2.94 bits per heavy atom. The molecule has 2 atom stereocenters. The van der Waals surface area contributed by atoms with Gasteiger partial charge < -0.3 is 19.9 Å². The van der Waals surface area contributed by atoms with Crippen LogP contribution in [0.1, 0.15) is 61.4 Å². The first-order valence-electron chi connectivity index (χ1n) is 13.1. The van der Waals surface area contributed by atoms with E-state index in [4.69, 9.17) is 14.5 Å². The van der Waals surface area contributed by atoms with E-state index >= 15 is 0 Å². The molecule has 7 heteroatoms. The molecule has 2 aliphatic rings. The molecule has 0 saturated carbocycles. The molecule has 2 aromatic rings. The lowest BCUT2D eigenvalue weighted by atomic mass is 9.99. The van der Waals surface area contributed by atoms with Crippen LogP contribution >= 0.6 is 0 Å². The molecule has 2 N–H and O–H groups in total. The summed E-state index contributed by atoms with van der Waals surface area (Å²) in [5, 5.41) is 13.5. The number of carbonyl (C=O) groups is 1. The van der Waals surface area contributed by atoms with Crippen LogP contribution in [0.2, 0.25) is 0 Å². The number of aryl methyl sites for hydroxylation is 2. The second kappa shape index (κ2) is 12.9. The third kappa shape index (κ3) is 6.95. The number of benzene rings is 1. The highest BCUT2D eigenvalue weighted by Crippen LogP contribution is 2.34. The topological polar surface area (TPSA) is 83.9 Å². The Bertz CT molecular complexity index is 967. The van der Waals surface area contributed by atoms with Crippen molar-refractivity contribution in [2.75, 3.05) is 45.3 Å². The van der Waals surface area contributed by atoms with Gasteiger partial charge in [-0.15, -0.1) is 0 Å². The van der Waals surface area contributed by atoms with E-state index in [0.717, 1.165) is 63.1 Å². The second-order valence-corrected chi connectivity index (χ2v) is 9.71. The number of fused-ring (bicyclic) bond motifs is 1. The number of aliphatic carboxylic acids is 1. The highest BCUT2D eigenvalue weighted by molar-refractivity contribution is 5.76. The molecule has 190 valence electrons. The number of carboxylic acid groups (broad SMARTS) is 1. The molecule has 2 aliphatic heterocycles. The summed E-state index contributed by atoms with van der Waals surface area (Å²) < 4.78 is 10.9. The summed E-state index contributed by atoms with van der Waals surface area (Å²) in [6.07, 6.45) is 9.04. The molecule has 0 unspecified atom stereocenters. The molecule has 3 heterocycles. The fraction of sp³-hybridized carbons (Fsp3) is 0.571. The number of aromatic nitrogens is 1. The Hall–Kier alpha value is -2.64. The van der Waals surface area contributed by atoms with E-state index in [2.05, 4.69) is 22.3 Å². The number of carboxylic acids is 1. The van der Waals surface area contributed by atoms with Gasteiger partial charge in [0.1, 0.15) is 24.2 Å². The number of rotatable bonds is 13. The molecule has 7 nitrogen and oxygen atoms in total. The van der Waals surface area contributed by atoms with Crippen molar-refractivity contribution in [3.05, 3.63) is 53.2 Å². The largest absolute Gasteiger partial charge is 0.491 e. The van der Waals surface area contributed by atoms with Crippen LogP contribution in [-0.2, 0) is 22.4 Å². The van der Waals surface area contributed by atoms with Gasteiger partial charge in [0.15, 0.2) is 0 Å². The summed E-state index contributed by atoms with van der Waals surface area (Å²) in [6, 6.07) is 11.2. The normalized spacial score (nSPS) is 18.6. The number of unbranched alkanes of at least 4 members (excludes halogenated alkanes) is 2. The maximum Gasteiger partial charge on any atom is 0.325 e. The number of hydrogen-bond donors (Lipinski definition) is 2. The quantitative estimate of drug-likeness (QED) is 0.401. The molecule has 0 aliphatic carbocycles. The molecule has 0 amide bonds. The van der Waals surface area contributed by atoms with Crippen molar-refractivity contribution in [1.29, 1.82) is 0 Å². The van der Waals surface area contributed by atoms with E-state index in [-0.39, 0.29) is 0 Å². The molecule has 4 rings (SSSR count). The van der Waals surface area contributed by atoms with E-state index in [9.17, 15) is 9.90 Å². The molecule has 35 heavy (non-hydrogen) atoms. The van der Waals surface area contributed by atoms with Crippen molar-refractivity contribution in [1.82, 2.24) is 9.88 Å². The highest BCUT2D eigenvalue weighted by atomic mass is 16.5. The number of hydrogen-bond acceptors (Lipinski definition) is 6. The first-order valence-corrected chi connectivity index (χ1v) is 13.1. The monoisotopic (exact) mass is 481 g/mol. The van der Waals surface area contributed by atoms with Gasteiger partial charge in [0.25, 0.3) is 0 Å². The van der Waals surface area contributed by atoms with Gasteiger partial charge in [-0.05, 0) is 68.7 Å². The van der Waals surface area contributed by atoms with Crippen LogP contribution < -0.4 is 10.1 Å². The number of methoxy groups -OCH3 is 1. The zero-order chi connectivity index (χ0) is 24.5. The maximum absolute atomic E-state index is 12.3. The fourth-order valence-electron chi connectivity index (χ4n) is 5.32. The van der Waals surface area contributed by atoms with Crippen molar-refractivity contribution in [3.8, 4) is 5.75 Å². The van der Waals surface area contributed by atoms with Gasteiger partial charge >= 0.3 is 5.97 Å². The van der Waals surface area contributed by atoms with Gasteiger partial charge in [-0.2, -0.15) is 0 Å². The van der Waals surface area contributed by atoms with Crippen LogP contribution in [0.3, 0.4) is 0 Å². The minimum atomic E-state index is -0.819. The van der Waals surface area contributed by atoms with Crippen molar-refractivity contribution in [2.45, 2.75) is 57.4 Å². The number of nitrogens with zero attached hydrogens (tertiary/aromatic N) is 2. The average molecular weight is 482 g/mol. The summed E-state index contributed by atoms with van der Waals surface area (Å²) >= 11 is 0. The van der Waals surface area contributed by atoms with Crippen LogP contribution in [0, 0.1) is 5.92 Å². The SMILES string of the molecule is COCCOc1ccccc1[C@@H](C(=O)O)N1CC[C@@H](CCCCCc2ccc3c(n2)NCCC3)C1. The predicted octanol–water partition coefficient (Wildman–Crippen LogP) is 4.72. The van der Waals surface area contributed by atoms with Crippen molar-refractivity contribution >= 4 is 11.8 Å². The highest BCUT2D eigenvalue weighted by Gasteiger charge is 2.35. The number of ether oxygens (including phenoxy) is 2. The van der Waals surface area contributed by atoms with Crippen LogP contribution in [0.25, 0.3) is 0 Å². The molecule has 0 radical (unpaired) electrons. The van der Waals surface area contributed by atoms with Gasteiger partial charge in [0, 0.05) is 31.5 Å². The summed E-state index contributed by atoms with van der Waals surface area (Å²) in [7, 11) is 1.63. The molecule has 1 saturated heterocycles. The lowest BCUT2D eigenvalue weighted by Gasteiger charge is -2.26. The molecule has 0 spiro atoms.